The molecule has 0 radical (unpaired) electrons. The number of benzene rings is 1. The molecule has 2 aromatic rings. The van der Waals surface area contributed by atoms with Crippen molar-refractivity contribution in [2.45, 2.75) is 26.7 Å². The molecule has 5 heteroatoms. The third-order valence-electron chi connectivity index (χ3n) is 3.00. The maximum atomic E-state index is 5.98. The van der Waals surface area contributed by atoms with Crippen molar-refractivity contribution in [3.05, 3.63) is 46.7 Å². The second kappa shape index (κ2) is 7.84. The van der Waals surface area contributed by atoms with Gasteiger partial charge in [0.25, 0.3) is 0 Å². The molecule has 0 aliphatic carbocycles. The van der Waals surface area contributed by atoms with Crippen molar-refractivity contribution < 1.29 is 0 Å². The van der Waals surface area contributed by atoms with Crippen LogP contribution in [0.25, 0.3) is 0 Å². The molecule has 0 saturated carbocycles. The number of aryl methyl sites for hydroxylation is 1. The molecule has 1 aromatic heterocycles. The predicted octanol–water partition coefficient (Wildman–Crippen LogP) is 3.91. The summed E-state index contributed by atoms with van der Waals surface area (Å²) in [5.74, 6) is 2.49. The second-order valence-electron chi connectivity index (χ2n) is 4.92. The van der Waals surface area contributed by atoms with Crippen molar-refractivity contribution in [3.63, 3.8) is 0 Å². The smallest absolute Gasteiger partial charge is 0.131 e. The molecule has 1 aromatic carbocycles. The molecule has 0 atom stereocenters. The highest BCUT2D eigenvalue weighted by Gasteiger charge is 2.01. The molecule has 1 heterocycles. The summed E-state index contributed by atoms with van der Waals surface area (Å²) in [6, 6.07) is 9.87. The van der Waals surface area contributed by atoms with E-state index in [2.05, 4.69) is 33.6 Å². The molecular formula is C16H21ClN4. The zero-order valence-corrected chi connectivity index (χ0v) is 13.2. The van der Waals surface area contributed by atoms with Crippen LogP contribution >= 0.6 is 11.6 Å². The summed E-state index contributed by atoms with van der Waals surface area (Å²) in [5, 5.41) is 7.39. The Morgan fingerprint density at radius 1 is 1.05 bits per heavy atom. The number of rotatable bonds is 7. The zero-order valence-electron chi connectivity index (χ0n) is 12.5. The Morgan fingerprint density at radius 3 is 2.43 bits per heavy atom. The number of hydrogen-bond donors (Lipinski definition) is 2. The Bertz CT molecular complexity index is 586. The Hall–Kier alpha value is -1.81. The van der Waals surface area contributed by atoms with Gasteiger partial charge in [-0.1, -0.05) is 30.7 Å². The number of nitrogens with zero attached hydrogens (tertiary/aromatic N) is 2. The highest BCUT2D eigenvalue weighted by atomic mass is 35.5. The van der Waals surface area contributed by atoms with E-state index in [1.54, 1.807) is 0 Å². The molecule has 0 unspecified atom stereocenters. The van der Waals surface area contributed by atoms with E-state index < -0.39 is 0 Å². The lowest BCUT2D eigenvalue weighted by atomic mass is 10.1. The summed E-state index contributed by atoms with van der Waals surface area (Å²) < 4.78 is 0. The SMILES string of the molecule is CCCNc1cc(NCCc2cccc(Cl)c2)nc(C)n1. The molecule has 0 amide bonds. The fourth-order valence-electron chi connectivity index (χ4n) is 2.03. The maximum absolute atomic E-state index is 5.98. The van der Waals surface area contributed by atoms with Crippen molar-refractivity contribution in [2.24, 2.45) is 0 Å². The molecule has 21 heavy (non-hydrogen) atoms. The molecule has 0 saturated heterocycles. The lowest BCUT2D eigenvalue weighted by molar-refractivity contribution is 0.946. The van der Waals surface area contributed by atoms with Gasteiger partial charge in [-0.3, -0.25) is 0 Å². The van der Waals surface area contributed by atoms with Crippen molar-refractivity contribution in [1.82, 2.24) is 9.97 Å². The van der Waals surface area contributed by atoms with Crippen molar-refractivity contribution >= 4 is 23.2 Å². The molecular weight excluding hydrogens is 284 g/mol. The van der Waals surface area contributed by atoms with E-state index in [9.17, 15) is 0 Å². The van der Waals surface area contributed by atoms with Gasteiger partial charge in [0.15, 0.2) is 0 Å². The van der Waals surface area contributed by atoms with E-state index in [1.807, 2.05) is 31.2 Å². The van der Waals surface area contributed by atoms with Crippen LogP contribution in [-0.2, 0) is 6.42 Å². The molecule has 4 nitrogen and oxygen atoms in total. The van der Waals surface area contributed by atoms with Crippen LogP contribution in [0.15, 0.2) is 30.3 Å². The van der Waals surface area contributed by atoms with Gasteiger partial charge >= 0.3 is 0 Å². The van der Waals surface area contributed by atoms with Gasteiger partial charge in [-0.25, -0.2) is 9.97 Å². The van der Waals surface area contributed by atoms with Gasteiger partial charge in [-0.15, -0.1) is 0 Å². The quantitative estimate of drug-likeness (QED) is 0.814. The minimum atomic E-state index is 0.765. The first kappa shape index (κ1) is 15.6. The Balaban J connectivity index is 1.91. The normalized spacial score (nSPS) is 10.4. The van der Waals surface area contributed by atoms with E-state index >= 15 is 0 Å². The van der Waals surface area contributed by atoms with Gasteiger partial charge in [-0.2, -0.15) is 0 Å². The van der Waals surface area contributed by atoms with Crippen LogP contribution in [0.4, 0.5) is 11.6 Å². The Kier molecular flexibility index (Phi) is 5.81. The first-order valence-corrected chi connectivity index (χ1v) is 7.63. The largest absolute Gasteiger partial charge is 0.370 e. The fraction of sp³-hybridized carbons (Fsp3) is 0.375. The average Bonchev–Trinajstić information content (AvgIpc) is 2.45. The number of halogens is 1. The maximum Gasteiger partial charge on any atom is 0.131 e. The number of aromatic nitrogens is 2. The first-order chi connectivity index (χ1) is 10.2. The van der Waals surface area contributed by atoms with Crippen LogP contribution in [0.3, 0.4) is 0 Å². The molecule has 2 N–H and O–H groups in total. The summed E-state index contributed by atoms with van der Waals surface area (Å²) in [4.78, 5) is 8.77. The van der Waals surface area contributed by atoms with Crippen LogP contribution in [-0.4, -0.2) is 23.1 Å². The summed E-state index contributed by atoms with van der Waals surface area (Å²) >= 11 is 5.98. The summed E-state index contributed by atoms with van der Waals surface area (Å²) in [7, 11) is 0. The van der Waals surface area contributed by atoms with E-state index in [4.69, 9.17) is 11.6 Å². The topological polar surface area (TPSA) is 49.8 Å². The fourth-order valence-corrected chi connectivity index (χ4v) is 2.24. The third kappa shape index (κ3) is 5.23. The van der Waals surface area contributed by atoms with Gasteiger partial charge in [0.1, 0.15) is 17.5 Å². The highest BCUT2D eigenvalue weighted by molar-refractivity contribution is 6.30. The minimum Gasteiger partial charge on any atom is -0.370 e. The zero-order chi connectivity index (χ0) is 15.1. The monoisotopic (exact) mass is 304 g/mol. The Labute approximate surface area is 131 Å². The second-order valence-corrected chi connectivity index (χ2v) is 5.36. The van der Waals surface area contributed by atoms with Crippen molar-refractivity contribution in [3.8, 4) is 0 Å². The molecule has 0 aliphatic heterocycles. The van der Waals surface area contributed by atoms with Gasteiger partial charge in [0, 0.05) is 24.2 Å². The highest BCUT2D eigenvalue weighted by Crippen LogP contribution is 2.13. The van der Waals surface area contributed by atoms with E-state index in [1.165, 1.54) is 5.56 Å². The van der Waals surface area contributed by atoms with Gasteiger partial charge < -0.3 is 10.6 Å². The van der Waals surface area contributed by atoms with Crippen molar-refractivity contribution in [1.29, 1.82) is 0 Å². The summed E-state index contributed by atoms with van der Waals surface area (Å²) in [6.07, 6.45) is 1.97. The van der Waals surface area contributed by atoms with E-state index in [0.29, 0.717) is 0 Å². The molecule has 0 bridgehead atoms. The van der Waals surface area contributed by atoms with Gasteiger partial charge in [0.2, 0.25) is 0 Å². The van der Waals surface area contributed by atoms with Crippen LogP contribution in [0.5, 0.6) is 0 Å². The molecule has 0 spiro atoms. The standard InChI is InChI=1S/C16H21ClN4/c1-3-8-18-15-11-16(21-12(2)20-15)19-9-7-13-5-4-6-14(17)10-13/h4-6,10-11H,3,7-9H2,1-2H3,(H2,18,19,20,21). The number of hydrogen-bond acceptors (Lipinski definition) is 4. The lowest BCUT2D eigenvalue weighted by Crippen LogP contribution is -2.09. The van der Waals surface area contributed by atoms with Crippen LogP contribution in [0, 0.1) is 6.92 Å². The third-order valence-corrected chi connectivity index (χ3v) is 3.24. The molecule has 112 valence electrons. The van der Waals surface area contributed by atoms with E-state index in [0.717, 1.165) is 48.4 Å². The van der Waals surface area contributed by atoms with Gasteiger partial charge in [-0.05, 0) is 37.5 Å². The number of nitrogens with one attached hydrogen (secondary N) is 2. The predicted molar refractivity (Wildman–Crippen MR) is 89.2 cm³/mol. The van der Waals surface area contributed by atoms with Gasteiger partial charge in [0.05, 0.1) is 0 Å². The number of anilines is 2. The van der Waals surface area contributed by atoms with Crippen LogP contribution in [0.1, 0.15) is 24.7 Å². The summed E-state index contributed by atoms with van der Waals surface area (Å²) in [5.41, 5.74) is 1.21. The summed E-state index contributed by atoms with van der Waals surface area (Å²) in [6.45, 7) is 5.76. The first-order valence-electron chi connectivity index (χ1n) is 7.25. The molecule has 0 fully saturated rings. The molecule has 2 rings (SSSR count). The van der Waals surface area contributed by atoms with E-state index in [-0.39, 0.29) is 0 Å². The van der Waals surface area contributed by atoms with Crippen LogP contribution < -0.4 is 10.6 Å². The average molecular weight is 305 g/mol. The molecule has 0 aliphatic rings. The van der Waals surface area contributed by atoms with Crippen LogP contribution in [0.2, 0.25) is 5.02 Å². The minimum absolute atomic E-state index is 0.765. The lowest BCUT2D eigenvalue weighted by Gasteiger charge is -2.10. The van der Waals surface area contributed by atoms with Crippen molar-refractivity contribution in [2.75, 3.05) is 23.7 Å². The Morgan fingerprint density at radius 2 is 1.76 bits per heavy atom.